The van der Waals surface area contributed by atoms with Crippen molar-refractivity contribution >= 4 is 57.2 Å². The number of anilines is 2. The van der Waals surface area contributed by atoms with Crippen molar-refractivity contribution in [2.75, 3.05) is 16.4 Å². The van der Waals surface area contributed by atoms with Crippen molar-refractivity contribution in [3.8, 4) is 0 Å². The third kappa shape index (κ3) is 5.20. The number of thiophene rings is 1. The van der Waals surface area contributed by atoms with Crippen molar-refractivity contribution in [1.82, 2.24) is 0 Å². The summed E-state index contributed by atoms with van der Waals surface area (Å²) in [4.78, 5) is 26.9. The first-order valence-corrected chi connectivity index (χ1v) is 12.0. The van der Waals surface area contributed by atoms with Gasteiger partial charge in [0, 0.05) is 27.7 Å². The van der Waals surface area contributed by atoms with Gasteiger partial charge in [-0.3, -0.25) is 9.59 Å². The lowest BCUT2D eigenvalue weighted by Gasteiger charge is -2.13. The zero-order chi connectivity index (χ0) is 21.8. The fraction of sp³-hybridized carbons (Fsp3) is 0.227. The lowest BCUT2D eigenvalue weighted by molar-refractivity contribution is -0.645. The Kier molecular flexibility index (Phi) is 6.80. The smallest absolute Gasteiger partial charge is 0.258 e. The molecule has 31 heavy (non-hydrogen) atoms. The molecule has 160 valence electrons. The zero-order valence-electron chi connectivity index (χ0n) is 16.5. The number of nitrogens with zero attached hydrogens (tertiary/aromatic N) is 1. The Morgan fingerprint density at radius 2 is 1.87 bits per heavy atom. The highest BCUT2D eigenvalue weighted by Gasteiger charge is 2.26. The van der Waals surface area contributed by atoms with E-state index in [0.717, 1.165) is 52.6 Å². The molecule has 2 heterocycles. The van der Waals surface area contributed by atoms with Crippen LogP contribution in [0.25, 0.3) is 0 Å². The van der Waals surface area contributed by atoms with Crippen LogP contribution in [0.5, 0.6) is 0 Å². The predicted molar refractivity (Wildman–Crippen MR) is 125 cm³/mol. The average Bonchev–Trinajstić information content (AvgIpc) is 3.12. The molecule has 0 atom stereocenters. The Balaban J connectivity index is 1.52. The number of amides is 2. The van der Waals surface area contributed by atoms with Crippen LogP contribution in [0.15, 0.2) is 53.7 Å². The van der Waals surface area contributed by atoms with Gasteiger partial charge in [0.2, 0.25) is 5.91 Å². The van der Waals surface area contributed by atoms with Gasteiger partial charge < -0.3 is 15.8 Å². The van der Waals surface area contributed by atoms with Crippen LogP contribution >= 0.6 is 34.7 Å². The van der Waals surface area contributed by atoms with E-state index in [0.29, 0.717) is 26.3 Å². The van der Waals surface area contributed by atoms with E-state index in [1.54, 1.807) is 42.5 Å². The molecule has 0 bridgehead atoms. The molecule has 0 unspecified atom stereocenters. The fourth-order valence-electron chi connectivity index (χ4n) is 3.45. The molecule has 0 fully saturated rings. The number of pyridine rings is 1. The number of fused-ring (bicyclic) bond motifs is 1. The van der Waals surface area contributed by atoms with Gasteiger partial charge in [0.1, 0.15) is 5.00 Å². The summed E-state index contributed by atoms with van der Waals surface area (Å²) in [6.07, 6.45) is 5.22. The second kappa shape index (κ2) is 9.72. The van der Waals surface area contributed by atoms with Crippen LogP contribution in [-0.4, -0.2) is 17.6 Å². The molecule has 2 N–H and O–H groups in total. The Morgan fingerprint density at radius 1 is 1.10 bits per heavy atom. The monoisotopic (exact) mass is 473 g/mol. The number of hydrogen-bond acceptors (Lipinski definition) is 5. The van der Waals surface area contributed by atoms with Crippen molar-refractivity contribution in [3.63, 3.8) is 0 Å². The van der Waals surface area contributed by atoms with Crippen molar-refractivity contribution in [1.29, 1.82) is 0 Å². The Morgan fingerprint density at radius 3 is 2.65 bits per heavy atom. The SMILES string of the molecule is O=C(CSc1cccc[n+]1[O-])Nc1sc2c(c1C(=O)Nc1ccc(Cl)cc1)CCCC2. The normalized spacial score (nSPS) is 12.8. The zero-order valence-corrected chi connectivity index (χ0v) is 18.9. The molecule has 0 aliphatic heterocycles. The second-order valence-corrected chi connectivity index (χ2v) is 9.61. The van der Waals surface area contributed by atoms with E-state index in [1.807, 2.05) is 0 Å². The topological polar surface area (TPSA) is 85.1 Å². The molecule has 0 saturated heterocycles. The number of nitrogens with one attached hydrogen (secondary N) is 2. The Labute approximate surface area is 193 Å². The summed E-state index contributed by atoms with van der Waals surface area (Å²) in [5.41, 5.74) is 2.19. The van der Waals surface area contributed by atoms with Crippen LogP contribution in [0.2, 0.25) is 5.02 Å². The minimum absolute atomic E-state index is 0.0765. The van der Waals surface area contributed by atoms with E-state index in [-0.39, 0.29) is 17.6 Å². The van der Waals surface area contributed by atoms with E-state index in [2.05, 4.69) is 10.6 Å². The molecule has 6 nitrogen and oxygen atoms in total. The number of halogens is 1. The quantitative estimate of drug-likeness (QED) is 0.303. The molecule has 3 aromatic rings. The number of hydrogen-bond donors (Lipinski definition) is 2. The third-order valence-corrected chi connectivity index (χ3v) is 7.37. The van der Waals surface area contributed by atoms with Gasteiger partial charge in [-0.25, -0.2) is 0 Å². The maximum absolute atomic E-state index is 13.1. The molecule has 4 rings (SSSR count). The molecule has 1 aliphatic rings. The minimum Gasteiger partial charge on any atom is -0.618 e. The molecular formula is C22H20ClN3O3S2. The maximum Gasteiger partial charge on any atom is 0.258 e. The lowest BCUT2D eigenvalue weighted by Crippen LogP contribution is -2.28. The summed E-state index contributed by atoms with van der Waals surface area (Å²) >= 11 is 8.55. The lowest BCUT2D eigenvalue weighted by atomic mass is 9.95. The predicted octanol–water partition coefficient (Wildman–Crippen LogP) is 4.90. The molecule has 0 saturated carbocycles. The third-order valence-electron chi connectivity index (χ3n) is 4.89. The van der Waals surface area contributed by atoms with Gasteiger partial charge >= 0.3 is 0 Å². The van der Waals surface area contributed by atoms with Crippen molar-refractivity contribution in [2.45, 2.75) is 30.7 Å². The van der Waals surface area contributed by atoms with Gasteiger partial charge in [0.15, 0.2) is 6.20 Å². The maximum atomic E-state index is 13.1. The van der Waals surface area contributed by atoms with E-state index in [1.165, 1.54) is 17.5 Å². The Bertz CT molecular complexity index is 1120. The van der Waals surface area contributed by atoms with E-state index in [4.69, 9.17) is 11.6 Å². The summed E-state index contributed by atoms with van der Waals surface area (Å²) in [6.45, 7) is 0. The van der Waals surface area contributed by atoms with Gasteiger partial charge in [-0.05, 0) is 73.3 Å². The summed E-state index contributed by atoms with van der Waals surface area (Å²) in [5.74, 6) is -0.425. The second-order valence-electron chi connectivity index (χ2n) is 7.08. The van der Waals surface area contributed by atoms with Crippen molar-refractivity contribution in [3.05, 3.63) is 74.9 Å². The van der Waals surface area contributed by atoms with Gasteiger partial charge in [0.05, 0.1) is 11.3 Å². The summed E-state index contributed by atoms with van der Waals surface area (Å²) in [7, 11) is 0. The largest absolute Gasteiger partial charge is 0.618 e. The van der Waals surface area contributed by atoms with Gasteiger partial charge in [-0.15, -0.1) is 11.3 Å². The summed E-state index contributed by atoms with van der Waals surface area (Å²) in [5, 5.41) is 19.2. The first kappa shape index (κ1) is 21.7. The minimum atomic E-state index is -0.256. The first-order chi connectivity index (χ1) is 15.0. The van der Waals surface area contributed by atoms with Crippen LogP contribution in [0.4, 0.5) is 10.7 Å². The van der Waals surface area contributed by atoms with Crippen LogP contribution in [0.1, 0.15) is 33.6 Å². The van der Waals surface area contributed by atoms with Crippen molar-refractivity contribution < 1.29 is 14.3 Å². The Hall–Kier alpha value is -2.55. The molecule has 9 heteroatoms. The van der Waals surface area contributed by atoms with Crippen LogP contribution in [-0.2, 0) is 17.6 Å². The highest BCUT2D eigenvalue weighted by molar-refractivity contribution is 7.99. The fourth-order valence-corrected chi connectivity index (χ4v) is 5.59. The average molecular weight is 474 g/mol. The standard InChI is InChI=1S/C22H20ClN3O3S2/c23-14-8-10-15(11-9-14)24-21(28)20-16-5-1-2-6-17(16)31-22(20)25-18(27)13-30-19-7-3-4-12-26(19)29/h3-4,7-12H,1-2,5-6,13H2,(H,24,28)(H,25,27). The molecule has 0 radical (unpaired) electrons. The highest BCUT2D eigenvalue weighted by atomic mass is 35.5. The number of benzene rings is 1. The van der Waals surface area contributed by atoms with Gasteiger partial charge in [0.25, 0.3) is 10.9 Å². The van der Waals surface area contributed by atoms with Crippen LogP contribution in [0, 0.1) is 5.21 Å². The van der Waals surface area contributed by atoms with E-state index in [9.17, 15) is 14.8 Å². The highest BCUT2D eigenvalue weighted by Crippen LogP contribution is 2.38. The number of carbonyl (C=O) groups is 2. The van der Waals surface area contributed by atoms with Gasteiger partial charge in [-0.2, -0.15) is 4.73 Å². The molecular weight excluding hydrogens is 454 g/mol. The van der Waals surface area contributed by atoms with Crippen LogP contribution in [0.3, 0.4) is 0 Å². The number of aromatic nitrogens is 1. The van der Waals surface area contributed by atoms with Gasteiger partial charge in [-0.1, -0.05) is 11.6 Å². The summed E-state index contributed by atoms with van der Waals surface area (Å²) in [6, 6.07) is 12.0. The molecule has 2 amide bonds. The van der Waals surface area contributed by atoms with E-state index >= 15 is 0 Å². The number of aryl methyl sites for hydroxylation is 1. The molecule has 0 spiro atoms. The molecule has 1 aromatic carbocycles. The number of rotatable bonds is 6. The molecule has 1 aliphatic carbocycles. The van der Waals surface area contributed by atoms with Crippen molar-refractivity contribution in [2.24, 2.45) is 0 Å². The first-order valence-electron chi connectivity index (χ1n) is 9.83. The summed E-state index contributed by atoms with van der Waals surface area (Å²) < 4.78 is 0.729. The van der Waals surface area contributed by atoms with Crippen LogP contribution < -0.4 is 15.4 Å². The molecule has 2 aromatic heterocycles. The number of thioether (sulfide) groups is 1. The number of carbonyl (C=O) groups excluding carboxylic acids is 2. The van der Waals surface area contributed by atoms with E-state index < -0.39 is 0 Å².